The largest absolute Gasteiger partial charge is 0.437 e. The predicted molar refractivity (Wildman–Crippen MR) is 79.9 cm³/mol. The van der Waals surface area contributed by atoms with Gasteiger partial charge in [-0.2, -0.15) is 5.26 Å². The third-order valence-electron chi connectivity index (χ3n) is 3.48. The summed E-state index contributed by atoms with van der Waals surface area (Å²) >= 11 is 3.43. The monoisotopic (exact) mass is 328 g/mol. The third-order valence-corrected chi connectivity index (χ3v) is 3.97. The molecule has 1 aliphatic rings. The molecule has 0 unspecified atom stereocenters. The van der Waals surface area contributed by atoms with Crippen LogP contribution in [0.25, 0.3) is 0 Å². The van der Waals surface area contributed by atoms with Crippen LogP contribution in [-0.2, 0) is 12.8 Å². The molecule has 20 heavy (non-hydrogen) atoms. The van der Waals surface area contributed by atoms with E-state index in [-0.39, 0.29) is 0 Å². The molecule has 4 heteroatoms. The Bertz CT molecular complexity index is 719. The maximum absolute atomic E-state index is 9.26. The predicted octanol–water partition coefficient (Wildman–Crippen LogP) is 4.31. The SMILES string of the molecule is Cc1cc(Br)ccc1Oc1nc2c(cc1C#N)CCC2. The van der Waals surface area contributed by atoms with Gasteiger partial charge in [0.2, 0.25) is 5.88 Å². The maximum Gasteiger partial charge on any atom is 0.237 e. The zero-order valence-electron chi connectivity index (χ0n) is 11.1. The molecule has 0 saturated carbocycles. The van der Waals surface area contributed by atoms with Crippen molar-refractivity contribution in [3.8, 4) is 17.7 Å². The molecule has 2 aromatic rings. The van der Waals surface area contributed by atoms with Crippen molar-refractivity contribution in [1.82, 2.24) is 4.98 Å². The Kier molecular flexibility index (Phi) is 3.45. The number of pyridine rings is 1. The molecule has 1 heterocycles. The van der Waals surface area contributed by atoms with Crippen LogP contribution < -0.4 is 4.74 Å². The van der Waals surface area contributed by atoms with Crippen LogP contribution in [0.4, 0.5) is 0 Å². The summed E-state index contributed by atoms with van der Waals surface area (Å²) in [7, 11) is 0. The van der Waals surface area contributed by atoms with Crippen LogP contribution in [0.3, 0.4) is 0 Å². The molecular formula is C16H13BrN2O. The third kappa shape index (κ3) is 2.41. The van der Waals surface area contributed by atoms with E-state index < -0.39 is 0 Å². The summed E-state index contributed by atoms with van der Waals surface area (Å²) < 4.78 is 6.86. The van der Waals surface area contributed by atoms with E-state index in [0.717, 1.165) is 40.7 Å². The van der Waals surface area contributed by atoms with Gasteiger partial charge >= 0.3 is 0 Å². The summed E-state index contributed by atoms with van der Waals surface area (Å²) in [6.45, 7) is 1.97. The first kappa shape index (κ1) is 13.1. The lowest BCUT2D eigenvalue weighted by Crippen LogP contribution is -1.98. The summed E-state index contributed by atoms with van der Waals surface area (Å²) in [5.41, 5.74) is 3.76. The highest BCUT2D eigenvalue weighted by atomic mass is 79.9. The minimum atomic E-state index is 0.415. The van der Waals surface area contributed by atoms with Crippen molar-refractivity contribution in [2.24, 2.45) is 0 Å². The highest BCUT2D eigenvalue weighted by molar-refractivity contribution is 9.10. The van der Waals surface area contributed by atoms with Crippen LogP contribution in [0.1, 0.15) is 28.8 Å². The van der Waals surface area contributed by atoms with Crippen molar-refractivity contribution in [2.45, 2.75) is 26.2 Å². The van der Waals surface area contributed by atoms with Crippen LogP contribution >= 0.6 is 15.9 Å². The lowest BCUT2D eigenvalue weighted by Gasteiger charge is -2.11. The number of aromatic nitrogens is 1. The number of ether oxygens (including phenoxy) is 1. The molecule has 0 saturated heterocycles. The van der Waals surface area contributed by atoms with Crippen molar-refractivity contribution >= 4 is 15.9 Å². The average Bonchev–Trinajstić information content (AvgIpc) is 2.88. The van der Waals surface area contributed by atoms with E-state index in [9.17, 15) is 5.26 Å². The maximum atomic E-state index is 9.26. The number of aryl methyl sites for hydroxylation is 3. The fraction of sp³-hybridized carbons (Fsp3) is 0.250. The van der Waals surface area contributed by atoms with Crippen LogP contribution in [0.5, 0.6) is 11.6 Å². The quantitative estimate of drug-likeness (QED) is 0.825. The second kappa shape index (κ2) is 5.26. The molecule has 3 nitrogen and oxygen atoms in total. The Morgan fingerprint density at radius 1 is 1.30 bits per heavy atom. The van der Waals surface area contributed by atoms with Crippen LogP contribution in [0.2, 0.25) is 0 Å². The molecule has 0 fully saturated rings. The summed E-state index contributed by atoms with van der Waals surface area (Å²) in [6.07, 6.45) is 3.08. The molecular weight excluding hydrogens is 316 g/mol. The molecule has 0 aliphatic heterocycles. The molecule has 1 aromatic carbocycles. The van der Waals surface area contributed by atoms with Gasteiger partial charge in [-0.1, -0.05) is 15.9 Å². The Balaban J connectivity index is 2.00. The van der Waals surface area contributed by atoms with Crippen LogP contribution in [0, 0.1) is 18.3 Å². The first-order chi connectivity index (χ1) is 9.67. The van der Waals surface area contributed by atoms with E-state index in [1.807, 2.05) is 31.2 Å². The molecule has 0 bridgehead atoms. The Morgan fingerprint density at radius 3 is 2.90 bits per heavy atom. The van der Waals surface area contributed by atoms with E-state index in [1.165, 1.54) is 5.56 Å². The van der Waals surface area contributed by atoms with Crippen LogP contribution in [-0.4, -0.2) is 4.98 Å². The number of fused-ring (bicyclic) bond motifs is 1. The number of nitrogens with zero attached hydrogens (tertiary/aromatic N) is 2. The van der Waals surface area contributed by atoms with Crippen molar-refractivity contribution in [1.29, 1.82) is 5.26 Å². The smallest absolute Gasteiger partial charge is 0.237 e. The van der Waals surface area contributed by atoms with E-state index >= 15 is 0 Å². The van der Waals surface area contributed by atoms with Gasteiger partial charge in [0.05, 0.1) is 0 Å². The first-order valence-electron chi connectivity index (χ1n) is 6.54. The zero-order chi connectivity index (χ0) is 14.1. The standard InChI is InChI=1S/C16H13BrN2O/c1-10-7-13(17)5-6-15(10)20-16-12(9-18)8-11-3-2-4-14(11)19-16/h5-8H,2-4H2,1H3. The minimum absolute atomic E-state index is 0.415. The average molecular weight is 329 g/mol. The zero-order valence-corrected chi connectivity index (χ0v) is 12.7. The minimum Gasteiger partial charge on any atom is -0.437 e. The van der Waals surface area contributed by atoms with Gasteiger partial charge < -0.3 is 4.74 Å². The molecule has 1 aromatic heterocycles. The summed E-state index contributed by atoms with van der Waals surface area (Å²) in [6, 6.07) is 9.88. The van der Waals surface area contributed by atoms with Gasteiger partial charge in [-0.25, -0.2) is 4.98 Å². The highest BCUT2D eigenvalue weighted by Gasteiger charge is 2.18. The number of nitriles is 1. The molecule has 1 aliphatic carbocycles. The van der Waals surface area contributed by atoms with Gasteiger partial charge in [0, 0.05) is 10.2 Å². The number of rotatable bonds is 2. The lowest BCUT2D eigenvalue weighted by atomic mass is 10.1. The number of halogens is 1. The second-order valence-corrected chi connectivity index (χ2v) is 5.84. The highest BCUT2D eigenvalue weighted by Crippen LogP contribution is 2.31. The summed E-state index contributed by atoms with van der Waals surface area (Å²) in [5, 5.41) is 9.26. The molecule has 0 amide bonds. The second-order valence-electron chi connectivity index (χ2n) is 4.92. The van der Waals surface area contributed by atoms with E-state index in [1.54, 1.807) is 0 Å². The molecule has 0 atom stereocenters. The fourth-order valence-electron chi connectivity index (χ4n) is 2.44. The molecule has 0 spiro atoms. The summed E-state index contributed by atoms with van der Waals surface area (Å²) in [5.74, 6) is 1.15. The fourth-order valence-corrected chi connectivity index (χ4v) is 2.92. The number of benzene rings is 1. The van der Waals surface area contributed by atoms with Crippen LogP contribution in [0.15, 0.2) is 28.7 Å². The Hall–Kier alpha value is -1.86. The molecule has 0 N–H and O–H groups in total. The van der Waals surface area contributed by atoms with Crippen molar-refractivity contribution in [2.75, 3.05) is 0 Å². The van der Waals surface area contributed by atoms with E-state index in [2.05, 4.69) is 27.0 Å². The van der Waals surface area contributed by atoms with Gasteiger partial charge in [0.25, 0.3) is 0 Å². The van der Waals surface area contributed by atoms with Gasteiger partial charge in [-0.05, 0) is 61.6 Å². The van der Waals surface area contributed by atoms with E-state index in [4.69, 9.17) is 4.74 Å². The van der Waals surface area contributed by atoms with Gasteiger partial charge in [0.1, 0.15) is 17.4 Å². The van der Waals surface area contributed by atoms with Gasteiger partial charge in [-0.3, -0.25) is 0 Å². The van der Waals surface area contributed by atoms with Crippen molar-refractivity contribution in [3.63, 3.8) is 0 Å². The van der Waals surface area contributed by atoms with Crippen molar-refractivity contribution < 1.29 is 4.74 Å². The molecule has 3 rings (SSSR count). The first-order valence-corrected chi connectivity index (χ1v) is 7.33. The number of hydrogen-bond donors (Lipinski definition) is 0. The molecule has 100 valence electrons. The molecule has 0 radical (unpaired) electrons. The summed E-state index contributed by atoms with van der Waals surface area (Å²) in [4.78, 5) is 4.53. The van der Waals surface area contributed by atoms with E-state index in [0.29, 0.717) is 11.4 Å². The topological polar surface area (TPSA) is 45.9 Å². The van der Waals surface area contributed by atoms with Gasteiger partial charge in [0.15, 0.2) is 0 Å². The lowest BCUT2D eigenvalue weighted by molar-refractivity contribution is 0.456. The normalized spacial score (nSPS) is 12.8. The van der Waals surface area contributed by atoms with Gasteiger partial charge in [-0.15, -0.1) is 0 Å². The number of hydrogen-bond acceptors (Lipinski definition) is 3. The Labute approximate surface area is 126 Å². The van der Waals surface area contributed by atoms with Crippen molar-refractivity contribution in [3.05, 3.63) is 51.1 Å². The Morgan fingerprint density at radius 2 is 2.15 bits per heavy atom.